The molecule has 3 nitrogen and oxygen atoms in total. The predicted molar refractivity (Wildman–Crippen MR) is 93.5 cm³/mol. The van der Waals surface area contributed by atoms with Gasteiger partial charge in [0.05, 0.1) is 18.3 Å². The average molecular weight is 346 g/mol. The zero-order chi connectivity index (χ0) is 16.5. The molecular formula is C19H23FN2OS. The van der Waals surface area contributed by atoms with Crippen molar-refractivity contribution in [3.8, 4) is 0 Å². The van der Waals surface area contributed by atoms with Crippen LogP contribution < -0.4 is 0 Å². The molecule has 4 rings (SSSR count). The van der Waals surface area contributed by atoms with Gasteiger partial charge in [-0.2, -0.15) is 0 Å². The summed E-state index contributed by atoms with van der Waals surface area (Å²) in [5, 5.41) is 11.7. The van der Waals surface area contributed by atoms with Crippen LogP contribution in [0.1, 0.15) is 52.9 Å². The molecule has 2 heterocycles. The van der Waals surface area contributed by atoms with E-state index < -0.39 is 6.10 Å². The molecule has 1 N–H and O–H groups in total. The topological polar surface area (TPSA) is 36.4 Å². The lowest BCUT2D eigenvalue weighted by Gasteiger charge is -2.25. The number of likely N-dealkylation sites (tertiary alicyclic amines) is 1. The van der Waals surface area contributed by atoms with Crippen molar-refractivity contribution in [3.05, 3.63) is 51.2 Å². The second kappa shape index (κ2) is 6.90. The standard InChI is InChI=1S/C19H23FN2OS/c20-14-8-6-13(7-9-14)17(23)11-15-3-2-10-22(15)12-19-21-16-4-1-5-18(16)24-19/h6-9,15,17,23H,1-5,10-12H2. The molecule has 2 atom stereocenters. The molecule has 1 aliphatic heterocycles. The van der Waals surface area contributed by atoms with E-state index in [2.05, 4.69) is 4.90 Å². The van der Waals surface area contributed by atoms with Gasteiger partial charge in [0.25, 0.3) is 0 Å². The number of aliphatic hydroxyl groups excluding tert-OH is 1. The second-order valence-corrected chi connectivity index (χ2v) is 8.07. The van der Waals surface area contributed by atoms with Gasteiger partial charge >= 0.3 is 0 Å². The van der Waals surface area contributed by atoms with Crippen molar-refractivity contribution in [1.29, 1.82) is 0 Å². The molecular weight excluding hydrogens is 323 g/mol. The molecule has 0 saturated carbocycles. The van der Waals surface area contributed by atoms with Gasteiger partial charge in [-0.15, -0.1) is 11.3 Å². The van der Waals surface area contributed by atoms with Gasteiger partial charge in [0.2, 0.25) is 0 Å². The Morgan fingerprint density at radius 1 is 1.25 bits per heavy atom. The smallest absolute Gasteiger partial charge is 0.123 e. The fraction of sp³-hybridized carbons (Fsp3) is 0.526. The molecule has 0 bridgehead atoms. The zero-order valence-corrected chi connectivity index (χ0v) is 14.6. The van der Waals surface area contributed by atoms with E-state index in [1.807, 2.05) is 11.3 Å². The van der Waals surface area contributed by atoms with Gasteiger partial charge in [0, 0.05) is 10.9 Å². The Bertz CT molecular complexity index is 678. The highest BCUT2D eigenvalue weighted by Gasteiger charge is 2.28. The van der Waals surface area contributed by atoms with Crippen molar-refractivity contribution in [2.75, 3.05) is 6.54 Å². The first-order valence-corrected chi connectivity index (χ1v) is 9.66. The molecule has 1 aromatic carbocycles. The summed E-state index contributed by atoms with van der Waals surface area (Å²) in [7, 11) is 0. The molecule has 0 amide bonds. The Balaban J connectivity index is 1.39. The van der Waals surface area contributed by atoms with Gasteiger partial charge in [-0.05, 0) is 62.8 Å². The van der Waals surface area contributed by atoms with Crippen LogP contribution in [0.5, 0.6) is 0 Å². The van der Waals surface area contributed by atoms with Crippen molar-refractivity contribution in [2.24, 2.45) is 0 Å². The van der Waals surface area contributed by atoms with Crippen molar-refractivity contribution < 1.29 is 9.50 Å². The molecule has 1 aromatic heterocycles. The van der Waals surface area contributed by atoms with E-state index in [0.29, 0.717) is 12.5 Å². The number of aromatic nitrogens is 1. The molecule has 128 valence electrons. The van der Waals surface area contributed by atoms with Crippen LogP contribution in [0.25, 0.3) is 0 Å². The number of nitrogens with zero attached hydrogens (tertiary/aromatic N) is 2. The van der Waals surface area contributed by atoms with Crippen LogP contribution in [0.2, 0.25) is 0 Å². The summed E-state index contributed by atoms with van der Waals surface area (Å²) in [6.07, 6.45) is 6.05. The SMILES string of the molecule is OC(CC1CCCN1Cc1nc2c(s1)CCC2)c1ccc(F)cc1. The molecule has 24 heavy (non-hydrogen) atoms. The summed E-state index contributed by atoms with van der Waals surface area (Å²) in [4.78, 5) is 8.75. The van der Waals surface area contributed by atoms with E-state index in [4.69, 9.17) is 4.98 Å². The highest BCUT2D eigenvalue weighted by atomic mass is 32.1. The first-order chi connectivity index (χ1) is 11.7. The molecule has 1 saturated heterocycles. The molecule has 1 aliphatic carbocycles. The van der Waals surface area contributed by atoms with E-state index in [9.17, 15) is 9.50 Å². The van der Waals surface area contributed by atoms with Crippen molar-refractivity contribution in [1.82, 2.24) is 9.88 Å². The minimum atomic E-state index is -0.530. The summed E-state index contributed by atoms with van der Waals surface area (Å²) >= 11 is 1.87. The lowest BCUT2D eigenvalue weighted by molar-refractivity contribution is 0.118. The maximum atomic E-state index is 13.0. The fourth-order valence-corrected chi connectivity index (χ4v) is 5.12. The molecule has 2 unspecified atom stereocenters. The van der Waals surface area contributed by atoms with Crippen LogP contribution in [-0.4, -0.2) is 27.6 Å². The van der Waals surface area contributed by atoms with Gasteiger partial charge in [-0.25, -0.2) is 9.37 Å². The molecule has 1 fully saturated rings. The number of rotatable bonds is 5. The minimum Gasteiger partial charge on any atom is -0.388 e. The molecule has 2 aromatic rings. The summed E-state index contributed by atoms with van der Waals surface area (Å²) in [5.74, 6) is -0.259. The van der Waals surface area contributed by atoms with E-state index in [1.54, 1.807) is 12.1 Å². The predicted octanol–water partition coefficient (Wildman–Crippen LogP) is 3.86. The van der Waals surface area contributed by atoms with Crippen LogP contribution >= 0.6 is 11.3 Å². The maximum Gasteiger partial charge on any atom is 0.123 e. The van der Waals surface area contributed by atoms with E-state index in [-0.39, 0.29) is 5.82 Å². The number of hydrogen-bond donors (Lipinski definition) is 1. The number of benzene rings is 1. The normalized spacial score (nSPS) is 22.0. The molecule has 2 aliphatic rings. The van der Waals surface area contributed by atoms with E-state index >= 15 is 0 Å². The quantitative estimate of drug-likeness (QED) is 0.893. The molecule has 0 spiro atoms. The fourth-order valence-electron chi connectivity index (χ4n) is 3.93. The monoisotopic (exact) mass is 346 g/mol. The Morgan fingerprint density at radius 2 is 2.08 bits per heavy atom. The highest BCUT2D eigenvalue weighted by molar-refractivity contribution is 7.11. The van der Waals surface area contributed by atoms with Gasteiger partial charge < -0.3 is 5.11 Å². The molecule has 5 heteroatoms. The molecule has 0 radical (unpaired) electrons. The van der Waals surface area contributed by atoms with Gasteiger partial charge in [-0.1, -0.05) is 12.1 Å². The maximum absolute atomic E-state index is 13.0. The third-order valence-electron chi connectivity index (χ3n) is 5.23. The van der Waals surface area contributed by atoms with Gasteiger partial charge in [-0.3, -0.25) is 4.90 Å². The Kier molecular flexibility index (Phi) is 4.66. The van der Waals surface area contributed by atoms with Crippen LogP contribution in [0.15, 0.2) is 24.3 Å². The number of hydrogen-bond acceptors (Lipinski definition) is 4. The Labute approximate surface area is 146 Å². The van der Waals surface area contributed by atoms with Crippen LogP contribution in [0.3, 0.4) is 0 Å². The number of halogens is 1. The number of aliphatic hydroxyl groups is 1. The zero-order valence-electron chi connectivity index (χ0n) is 13.7. The van der Waals surface area contributed by atoms with Crippen molar-refractivity contribution in [2.45, 2.75) is 57.2 Å². The van der Waals surface area contributed by atoms with E-state index in [1.165, 1.54) is 47.0 Å². The number of thiazole rings is 1. The van der Waals surface area contributed by atoms with Gasteiger partial charge in [0.1, 0.15) is 10.8 Å². The summed E-state index contributed by atoms with van der Waals surface area (Å²) < 4.78 is 13.0. The first-order valence-electron chi connectivity index (χ1n) is 8.84. The third-order valence-corrected chi connectivity index (χ3v) is 6.37. The number of fused-ring (bicyclic) bond motifs is 1. The van der Waals surface area contributed by atoms with Crippen molar-refractivity contribution >= 4 is 11.3 Å². The van der Waals surface area contributed by atoms with E-state index in [0.717, 1.165) is 31.5 Å². The summed E-state index contributed by atoms with van der Waals surface area (Å²) in [5.41, 5.74) is 2.12. The highest BCUT2D eigenvalue weighted by Crippen LogP contribution is 2.32. The number of aryl methyl sites for hydroxylation is 2. The summed E-state index contributed by atoms with van der Waals surface area (Å²) in [6.45, 7) is 1.98. The second-order valence-electron chi connectivity index (χ2n) is 6.90. The lowest BCUT2D eigenvalue weighted by atomic mass is 10.0. The Morgan fingerprint density at radius 3 is 2.88 bits per heavy atom. The van der Waals surface area contributed by atoms with Crippen LogP contribution in [0.4, 0.5) is 4.39 Å². The average Bonchev–Trinajstić information content (AvgIpc) is 3.25. The Hall–Kier alpha value is -1.30. The summed E-state index contributed by atoms with van der Waals surface area (Å²) in [6, 6.07) is 6.59. The lowest BCUT2D eigenvalue weighted by Crippen LogP contribution is -2.30. The largest absolute Gasteiger partial charge is 0.388 e. The van der Waals surface area contributed by atoms with Gasteiger partial charge in [0.15, 0.2) is 0 Å². The van der Waals surface area contributed by atoms with Crippen molar-refractivity contribution in [3.63, 3.8) is 0 Å². The third kappa shape index (κ3) is 3.39. The minimum absolute atomic E-state index is 0.259. The first kappa shape index (κ1) is 16.2. The van der Waals surface area contributed by atoms with Crippen LogP contribution in [0, 0.1) is 5.82 Å². The van der Waals surface area contributed by atoms with Crippen LogP contribution in [-0.2, 0) is 19.4 Å².